The normalized spacial score (nSPS) is 18.2. The number of aliphatic hydroxyl groups is 1. The molecule has 294 valence electrons. The topological polar surface area (TPSA) is 168 Å². The van der Waals surface area contributed by atoms with Gasteiger partial charge in [-0.25, -0.2) is 8.42 Å². The van der Waals surface area contributed by atoms with E-state index in [1.807, 2.05) is 13.8 Å². The fourth-order valence-electron chi connectivity index (χ4n) is 7.17. The molecule has 0 saturated carbocycles. The van der Waals surface area contributed by atoms with Crippen LogP contribution in [-0.2, 0) is 32.3 Å². The Morgan fingerprint density at radius 3 is 2.44 bits per heavy atom. The number of pyridine rings is 2. The lowest BCUT2D eigenvalue weighted by molar-refractivity contribution is -0.147. The number of carbonyl (C=O) groups is 1. The molecule has 5 heterocycles. The molecule has 6 rings (SSSR count). The average Bonchev–Trinajstić information content (AvgIpc) is 3.50. The van der Waals surface area contributed by atoms with E-state index in [4.69, 9.17) is 9.47 Å². The van der Waals surface area contributed by atoms with Gasteiger partial charge < -0.3 is 25.0 Å². The number of nitrogens with one attached hydrogen (secondary N) is 1. The van der Waals surface area contributed by atoms with Crippen LogP contribution in [0.2, 0.25) is 0 Å². The Hall–Kier alpha value is -3.97. The number of alkyl halides is 3. The largest absolute Gasteiger partial charge is 0.481 e. The van der Waals surface area contributed by atoms with Crippen molar-refractivity contribution in [3.05, 3.63) is 76.2 Å². The lowest BCUT2D eigenvalue weighted by Gasteiger charge is -2.38. The van der Waals surface area contributed by atoms with Crippen LogP contribution in [0.1, 0.15) is 79.6 Å². The molecule has 0 radical (unpaired) electrons. The van der Waals surface area contributed by atoms with Crippen molar-refractivity contribution in [3.8, 4) is 5.88 Å². The minimum absolute atomic E-state index is 0. The Morgan fingerprint density at radius 1 is 1.09 bits per heavy atom. The maximum absolute atomic E-state index is 14.5. The van der Waals surface area contributed by atoms with Crippen LogP contribution >= 0.6 is 13.5 Å². The molecule has 2 aliphatic rings. The molecule has 1 saturated heterocycles. The molecule has 3 aromatic heterocycles. The number of aryl methyl sites for hydroxylation is 2. The molecular formula is C36H45F3N6O7S2. The van der Waals surface area contributed by atoms with Gasteiger partial charge in [0.15, 0.2) is 5.65 Å². The van der Waals surface area contributed by atoms with Gasteiger partial charge in [-0.2, -0.15) is 36.0 Å². The zero-order chi connectivity index (χ0) is 38.5. The number of ether oxygens (including phenoxy) is 2. The summed E-state index contributed by atoms with van der Waals surface area (Å²) in [6.45, 7) is 8.95. The molecule has 2 aliphatic heterocycles. The highest BCUT2D eigenvalue weighted by Crippen LogP contribution is 2.45. The molecule has 0 bridgehead atoms. The number of carboxylic acids is 1. The maximum atomic E-state index is 14.5. The van der Waals surface area contributed by atoms with Gasteiger partial charge >= 0.3 is 12.1 Å². The molecule has 54 heavy (non-hydrogen) atoms. The molecule has 1 aromatic carbocycles. The number of hydrogen-bond acceptors (Lipinski definition) is 10. The van der Waals surface area contributed by atoms with Gasteiger partial charge in [0, 0.05) is 44.1 Å². The minimum atomic E-state index is -4.75. The second kappa shape index (κ2) is 15.3. The SMILES string of the molecule is Cc1ccc([C@H](c2ccn3c(C(F)(F)F)nnc3c2C)C(C)(C)C(=O)O)cc1CN1CC2(CCOCC2)Oc2nc(N[C@@H](C)CCO)ccc2S1(=O)=O.S. The number of aliphatic carboxylic acids is 1. The monoisotopic (exact) mass is 794 g/mol. The van der Waals surface area contributed by atoms with Crippen LogP contribution in [0.5, 0.6) is 5.88 Å². The van der Waals surface area contributed by atoms with Crippen molar-refractivity contribution in [2.45, 2.75) is 89.1 Å². The van der Waals surface area contributed by atoms with Gasteiger partial charge in [0.05, 0.1) is 25.2 Å². The molecule has 4 aromatic rings. The summed E-state index contributed by atoms with van der Waals surface area (Å²) in [6, 6.07) is 9.66. The molecule has 0 amide bonds. The molecular weight excluding hydrogens is 750 g/mol. The Morgan fingerprint density at radius 2 is 1.80 bits per heavy atom. The molecule has 1 fully saturated rings. The van der Waals surface area contributed by atoms with Crippen LogP contribution < -0.4 is 10.1 Å². The van der Waals surface area contributed by atoms with Crippen molar-refractivity contribution < 1.29 is 46.1 Å². The summed E-state index contributed by atoms with van der Waals surface area (Å²) < 4.78 is 84.3. The quantitative estimate of drug-likeness (QED) is 0.187. The molecule has 2 atom stereocenters. The average molecular weight is 795 g/mol. The van der Waals surface area contributed by atoms with E-state index in [-0.39, 0.29) is 55.7 Å². The number of anilines is 1. The lowest BCUT2D eigenvalue weighted by atomic mass is 9.70. The highest BCUT2D eigenvalue weighted by molar-refractivity contribution is 7.89. The molecule has 3 N–H and O–H groups in total. The van der Waals surface area contributed by atoms with E-state index in [1.54, 1.807) is 31.2 Å². The van der Waals surface area contributed by atoms with Crippen molar-refractivity contribution in [1.82, 2.24) is 23.9 Å². The first-order chi connectivity index (χ1) is 24.9. The number of aliphatic hydroxyl groups excluding tert-OH is 1. The summed E-state index contributed by atoms with van der Waals surface area (Å²) in [5, 5.41) is 30.1. The summed E-state index contributed by atoms with van der Waals surface area (Å²) in [7, 11) is -4.20. The number of sulfonamides is 1. The van der Waals surface area contributed by atoms with E-state index in [0.29, 0.717) is 60.5 Å². The van der Waals surface area contributed by atoms with E-state index >= 15 is 0 Å². The highest BCUT2D eigenvalue weighted by Gasteiger charge is 2.46. The van der Waals surface area contributed by atoms with Gasteiger partial charge in [0.2, 0.25) is 21.7 Å². The number of fused-ring (bicyclic) bond motifs is 2. The second-order valence-electron chi connectivity index (χ2n) is 14.5. The van der Waals surface area contributed by atoms with Gasteiger partial charge in [-0.15, -0.1) is 10.2 Å². The fourth-order valence-corrected chi connectivity index (χ4v) is 8.71. The zero-order valence-corrected chi connectivity index (χ0v) is 32.4. The van der Waals surface area contributed by atoms with Crippen LogP contribution in [0.3, 0.4) is 0 Å². The minimum Gasteiger partial charge on any atom is -0.481 e. The number of rotatable bonds is 10. The maximum Gasteiger partial charge on any atom is 0.452 e. The van der Waals surface area contributed by atoms with Crippen molar-refractivity contribution in [2.75, 3.05) is 31.7 Å². The highest BCUT2D eigenvalue weighted by atomic mass is 32.2. The van der Waals surface area contributed by atoms with Gasteiger partial charge in [0.25, 0.3) is 0 Å². The Bertz CT molecular complexity index is 2140. The van der Waals surface area contributed by atoms with Crippen LogP contribution in [0.4, 0.5) is 19.0 Å². The van der Waals surface area contributed by atoms with Crippen molar-refractivity contribution in [1.29, 1.82) is 0 Å². The van der Waals surface area contributed by atoms with Crippen molar-refractivity contribution in [3.63, 3.8) is 0 Å². The number of aromatic nitrogens is 4. The number of nitrogens with zero attached hydrogens (tertiary/aromatic N) is 5. The summed E-state index contributed by atoms with van der Waals surface area (Å²) in [5.74, 6) is -2.85. The molecule has 1 spiro atoms. The van der Waals surface area contributed by atoms with E-state index in [0.717, 1.165) is 9.96 Å². The van der Waals surface area contributed by atoms with E-state index in [2.05, 4.69) is 20.5 Å². The second-order valence-corrected chi connectivity index (χ2v) is 16.4. The molecule has 0 aliphatic carbocycles. The first-order valence-electron chi connectivity index (χ1n) is 17.3. The summed E-state index contributed by atoms with van der Waals surface area (Å²) in [5.41, 5.74) is 0.175. The van der Waals surface area contributed by atoms with Crippen molar-refractivity contribution in [2.24, 2.45) is 5.41 Å². The van der Waals surface area contributed by atoms with Gasteiger partial charge in [0.1, 0.15) is 16.3 Å². The first-order valence-corrected chi connectivity index (χ1v) is 18.7. The third-order valence-corrected chi connectivity index (χ3v) is 12.1. The molecule has 18 heteroatoms. The van der Waals surface area contributed by atoms with E-state index < -0.39 is 44.9 Å². The number of carboxylic acid groups (broad SMARTS) is 1. The smallest absolute Gasteiger partial charge is 0.452 e. The standard InChI is InChI=1S/C36H43F3N6O7S.H2S/c1-21-6-7-24(29(34(4,5)33(47)48)26-10-14-45-30(23(26)3)42-43-32(45)36(37,38)39)18-25(21)19-44-20-35(12-16-51-17-13-35)52-31-27(53(44,49)50)8-9-28(41-31)40-22(2)11-15-46;/h6-10,14,18,22,29,46H,11-13,15-17,19-20H2,1-5H3,(H,40,41)(H,47,48);1H2/t22-,29+;/m0./s1. The third-order valence-electron chi connectivity index (χ3n) is 10.3. The fraction of sp³-hybridized carbons (Fsp3) is 0.500. The van der Waals surface area contributed by atoms with Crippen molar-refractivity contribution >= 4 is 41.0 Å². The van der Waals surface area contributed by atoms with Gasteiger partial charge in [-0.1, -0.05) is 18.2 Å². The lowest BCUT2D eigenvalue weighted by Crippen LogP contribution is -2.50. The Kier molecular flexibility index (Phi) is 11.7. The summed E-state index contributed by atoms with van der Waals surface area (Å²) in [4.78, 5) is 17.3. The van der Waals surface area contributed by atoms with Crippen LogP contribution in [0.25, 0.3) is 5.65 Å². The first kappa shape index (κ1) is 41.2. The van der Waals surface area contributed by atoms with Gasteiger partial charge in [-0.3, -0.25) is 9.20 Å². The van der Waals surface area contributed by atoms with E-state index in [9.17, 15) is 36.6 Å². The van der Waals surface area contributed by atoms with Crippen LogP contribution in [0.15, 0.2) is 47.5 Å². The molecule has 13 nitrogen and oxygen atoms in total. The van der Waals surface area contributed by atoms with E-state index in [1.165, 1.54) is 36.5 Å². The number of benzene rings is 1. The predicted octanol–water partition coefficient (Wildman–Crippen LogP) is 5.43. The summed E-state index contributed by atoms with van der Waals surface area (Å²) >= 11 is 0. The predicted molar refractivity (Wildman–Crippen MR) is 198 cm³/mol. The Labute approximate surface area is 318 Å². The van der Waals surface area contributed by atoms with Crippen LogP contribution in [-0.4, -0.2) is 86.5 Å². The summed E-state index contributed by atoms with van der Waals surface area (Å²) in [6.07, 6.45) is -2.28. The number of halogens is 3. The number of hydrogen-bond donors (Lipinski definition) is 3. The van der Waals surface area contributed by atoms with Gasteiger partial charge in [-0.05, 0) is 87.1 Å². The Balaban J connectivity index is 0.00000561. The third kappa shape index (κ3) is 7.76. The molecule has 0 unspecified atom stereocenters. The zero-order valence-electron chi connectivity index (χ0n) is 30.6. The van der Waals surface area contributed by atoms with Crippen LogP contribution in [0, 0.1) is 19.3 Å².